The fourth-order valence-electron chi connectivity index (χ4n) is 3.45. The highest BCUT2D eigenvalue weighted by Gasteiger charge is 2.21. The maximum absolute atomic E-state index is 12.8. The number of aromatic nitrogens is 2. The molecule has 0 spiro atoms. The van der Waals surface area contributed by atoms with Crippen LogP contribution in [0.5, 0.6) is 0 Å². The highest BCUT2D eigenvalue weighted by atomic mass is 35.5. The van der Waals surface area contributed by atoms with Crippen molar-refractivity contribution < 1.29 is 4.79 Å². The molecule has 1 aliphatic rings. The van der Waals surface area contributed by atoms with Gasteiger partial charge in [0.15, 0.2) is 0 Å². The van der Waals surface area contributed by atoms with Crippen LogP contribution in [0.3, 0.4) is 0 Å². The van der Waals surface area contributed by atoms with Crippen LogP contribution >= 0.6 is 11.6 Å². The summed E-state index contributed by atoms with van der Waals surface area (Å²) >= 11 is 6.27. The van der Waals surface area contributed by atoms with Gasteiger partial charge in [-0.05, 0) is 58.5 Å². The highest BCUT2D eigenvalue weighted by Crippen LogP contribution is 2.23. The zero-order valence-corrected chi connectivity index (χ0v) is 16.8. The molecule has 1 amide bonds. The third-order valence-electron chi connectivity index (χ3n) is 5.24. The summed E-state index contributed by atoms with van der Waals surface area (Å²) in [6, 6.07) is 5.93. The molecule has 140 valence electrons. The average molecular weight is 375 g/mol. The molecule has 1 saturated heterocycles. The summed E-state index contributed by atoms with van der Waals surface area (Å²) in [5.41, 5.74) is 4.89. The second-order valence-corrected chi connectivity index (χ2v) is 7.62. The summed E-state index contributed by atoms with van der Waals surface area (Å²) in [4.78, 5) is 17.1. The smallest absolute Gasteiger partial charge is 0.227 e. The molecule has 0 radical (unpaired) electrons. The van der Waals surface area contributed by atoms with Crippen molar-refractivity contribution in [2.24, 2.45) is 0 Å². The molecule has 26 heavy (non-hydrogen) atoms. The predicted octanol–water partition coefficient (Wildman–Crippen LogP) is 3.16. The summed E-state index contributed by atoms with van der Waals surface area (Å²) in [7, 11) is 2.11. The van der Waals surface area contributed by atoms with Crippen LogP contribution in [0, 0.1) is 20.8 Å². The predicted molar refractivity (Wildman–Crippen MR) is 105 cm³/mol. The van der Waals surface area contributed by atoms with Crippen LogP contribution < -0.4 is 0 Å². The van der Waals surface area contributed by atoms with E-state index in [4.69, 9.17) is 11.6 Å². The first-order chi connectivity index (χ1) is 12.4. The number of benzene rings is 1. The van der Waals surface area contributed by atoms with Crippen LogP contribution in [0.1, 0.15) is 28.9 Å². The van der Waals surface area contributed by atoms with Crippen molar-refractivity contribution in [2.75, 3.05) is 33.2 Å². The van der Waals surface area contributed by atoms with E-state index in [-0.39, 0.29) is 5.91 Å². The molecular weight excluding hydrogens is 348 g/mol. The lowest BCUT2D eigenvalue weighted by Crippen LogP contribution is -2.35. The van der Waals surface area contributed by atoms with Gasteiger partial charge in [-0.15, -0.1) is 0 Å². The van der Waals surface area contributed by atoms with Crippen molar-refractivity contribution >= 4 is 17.5 Å². The number of amides is 1. The molecule has 0 N–H and O–H groups in total. The number of likely N-dealkylation sites (N-methyl/N-ethyl adjacent to an activating group) is 1. The molecule has 0 saturated carbocycles. The number of hydrogen-bond acceptors (Lipinski definition) is 3. The fraction of sp³-hybridized carbons (Fsp3) is 0.500. The lowest BCUT2D eigenvalue weighted by molar-refractivity contribution is -0.130. The second kappa shape index (κ2) is 7.80. The molecule has 1 aromatic carbocycles. The van der Waals surface area contributed by atoms with Gasteiger partial charge in [0.1, 0.15) is 0 Å². The van der Waals surface area contributed by atoms with E-state index < -0.39 is 0 Å². The van der Waals surface area contributed by atoms with Crippen LogP contribution in [-0.2, 0) is 11.2 Å². The maximum Gasteiger partial charge on any atom is 0.227 e. The largest absolute Gasteiger partial charge is 0.341 e. The molecule has 2 heterocycles. The molecule has 0 unspecified atom stereocenters. The Morgan fingerprint density at radius 3 is 2.65 bits per heavy atom. The highest BCUT2D eigenvalue weighted by molar-refractivity contribution is 6.31. The van der Waals surface area contributed by atoms with Crippen LogP contribution in [0.2, 0.25) is 5.02 Å². The van der Waals surface area contributed by atoms with Gasteiger partial charge in [-0.1, -0.05) is 17.7 Å². The van der Waals surface area contributed by atoms with E-state index in [1.54, 1.807) is 0 Å². The SMILES string of the molecule is Cc1ccc(-n2nc(C)c(CC(=O)N3CCCN(C)CC3)c2C)cc1Cl. The van der Waals surface area contributed by atoms with E-state index in [2.05, 4.69) is 17.0 Å². The summed E-state index contributed by atoms with van der Waals surface area (Å²) in [5, 5.41) is 5.38. The quantitative estimate of drug-likeness (QED) is 0.828. The van der Waals surface area contributed by atoms with Crippen molar-refractivity contribution in [1.82, 2.24) is 19.6 Å². The number of rotatable bonds is 3. The van der Waals surface area contributed by atoms with Crippen LogP contribution in [0.15, 0.2) is 18.2 Å². The lowest BCUT2D eigenvalue weighted by atomic mass is 10.1. The molecule has 0 bridgehead atoms. The zero-order valence-electron chi connectivity index (χ0n) is 16.0. The van der Waals surface area contributed by atoms with Gasteiger partial charge in [0, 0.05) is 35.9 Å². The van der Waals surface area contributed by atoms with Gasteiger partial charge < -0.3 is 9.80 Å². The Morgan fingerprint density at radius 1 is 1.15 bits per heavy atom. The number of nitrogens with zero attached hydrogens (tertiary/aromatic N) is 4. The van der Waals surface area contributed by atoms with Crippen molar-refractivity contribution in [3.05, 3.63) is 45.7 Å². The Bertz CT molecular complexity index is 814. The van der Waals surface area contributed by atoms with E-state index >= 15 is 0 Å². The zero-order chi connectivity index (χ0) is 18.8. The summed E-state index contributed by atoms with van der Waals surface area (Å²) in [5.74, 6) is 0.188. The van der Waals surface area contributed by atoms with E-state index in [0.29, 0.717) is 6.42 Å². The molecule has 0 aliphatic carbocycles. The first-order valence-electron chi connectivity index (χ1n) is 9.14. The standard InChI is InChI=1S/C20H27ClN4O/c1-14-6-7-17(12-19(14)21)25-16(3)18(15(2)22-25)13-20(26)24-9-5-8-23(4)10-11-24/h6-7,12H,5,8-11,13H2,1-4H3. The number of carbonyl (C=O) groups is 1. The number of aryl methyl sites for hydroxylation is 2. The van der Waals surface area contributed by atoms with Gasteiger partial charge in [0.2, 0.25) is 5.91 Å². The third kappa shape index (κ3) is 3.94. The Kier molecular flexibility index (Phi) is 5.68. The molecular formula is C20H27ClN4O. The summed E-state index contributed by atoms with van der Waals surface area (Å²) in [6.45, 7) is 9.59. The van der Waals surface area contributed by atoms with Gasteiger partial charge >= 0.3 is 0 Å². The van der Waals surface area contributed by atoms with Crippen LogP contribution in [0.25, 0.3) is 5.69 Å². The summed E-state index contributed by atoms with van der Waals surface area (Å²) in [6.07, 6.45) is 1.43. The minimum absolute atomic E-state index is 0.188. The number of hydrogen-bond donors (Lipinski definition) is 0. The molecule has 2 aromatic rings. The molecule has 1 fully saturated rings. The number of carbonyl (C=O) groups excluding carboxylic acids is 1. The Labute approximate surface area is 160 Å². The first kappa shape index (κ1) is 18.9. The van der Waals surface area contributed by atoms with Gasteiger partial charge in [-0.25, -0.2) is 4.68 Å². The minimum atomic E-state index is 0.188. The van der Waals surface area contributed by atoms with Gasteiger partial charge in [0.05, 0.1) is 17.8 Å². The lowest BCUT2D eigenvalue weighted by Gasteiger charge is -2.20. The molecule has 6 heteroatoms. The van der Waals surface area contributed by atoms with E-state index in [1.807, 2.05) is 48.6 Å². The molecule has 1 aromatic heterocycles. The summed E-state index contributed by atoms with van der Waals surface area (Å²) < 4.78 is 1.89. The van der Waals surface area contributed by atoms with E-state index in [0.717, 1.165) is 65.8 Å². The number of halogens is 1. The van der Waals surface area contributed by atoms with Gasteiger partial charge in [-0.3, -0.25) is 4.79 Å². The molecule has 5 nitrogen and oxygen atoms in total. The van der Waals surface area contributed by atoms with Crippen molar-refractivity contribution in [3.8, 4) is 5.69 Å². The maximum atomic E-state index is 12.8. The van der Waals surface area contributed by atoms with Crippen LogP contribution in [0.4, 0.5) is 0 Å². The van der Waals surface area contributed by atoms with Crippen molar-refractivity contribution in [2.45, 2.75) is 33.6 Å². The second-order valence-electron chi connectivity index (χ2n) is 7.21. The fourth-order valence-corrected chi connectivity index (χ4v) is 3.63. The topological polar surface area (TPSA) is 41.4 Å². The average Bonchev–Trinajstić information content (AvgIpc) is 2.77. The first-order valence-corrected chi connectivity index (χ1v) is 9.52. The normalized spacial score (nSPS) is 16.0. The Hall–Kier alpha value is -1.85. The van der Waals surface area contributed by atoms with Gasteiger partial charge in [-0.2, -0.15) is 5.10 Å². The van der Waals surface area contributed by atoms with Gasteiger partial charge in [0.25, 0.3) is 0 Å². The Morgan fingerprint density at radius 2 is 1.92 bits per heavy atom. The minimum Gasteiger partial charge on any atom is -0.341 e. The molecule has 3 rings (SSSR count). The Balaban J connectivity index is 1.81. The van der Waals surface area contributed by atoms with Crippen LogP contribution in [-0.4, -0.2) is 58.7 Å². The molecule has 0 atom stereocenters. The van der Waals surface area contributed by atoms with E-state index in [9.17, 15) is 4.79 Å². The van der Waals surface area contributed by atoms with E-state index in [1.165, 1.54) is 0 Å². The molecule has 1 aliphatic heterocycles. The monoisotopic (exact) mass is 374 g/mol. The third-order valence-corrected chi connectivity index (χ3v) is 5.65. The van der Waals surface area contributed by atoms with Crippen molar-refractivity contribution in [3.63, 3.8) is 0 Å². The van der Waals surface area contributed by atoms with Crippen molar-refractivity contribution in [1.29, 1.82) is 0 Å².